The summed E-state index contributed by atoms with van der Waals surface area (Å²) in [4.78, 5) is 17.6. The van der Waals surface area contributed by atoms with Crippen LogP contribution in [0.15, 0.2) is 34.8 Å². The molecule has 0 fully saturated rings. The lowest BCUT2D eigenvalue weighted by atomic mass is 9.96. The number of benzene rings is 1. The van der Waals surface area contributed by atoms with Crippen LogP contribution in [-0.2, 0) is 26.7 Å². The van der Waals surface area contributed by atoms with Crippen LogP contribution in [0.5, 0.6) is 0 Å². The fraction of sp³-hybridized carbons (Fsp3) is 0.571. The number of fused-ring (bicyclic) bond motifs is 1. The van der Waals surface area contributed by atoms with Crippen LogP contribution in [0.2, 0.25) is 18.1 Å². The second-order valence-electron chi connectivity index (χ2n) is 12.0. The normalized spacial score (nSPS) is 17.5. The third kappa shape index (κ3) is 6.79. The van der Waals surface area contributed by atoms with Gasteiger partial charge in [0.25, 0.3) is 0 Å². The number of carbonyl (C=O) groups is 1. The first-order valence-electron chi connectivity index (χ1n) is 12.9. The molecule has 2 aromatic rings. The number of hydrogen-bond donors (Lipinski definition) is 0. The zero-order chi connectivity index (χ0) is 27.8. The van der Waals surface area contributed by atoms with Crippen molar-refractivity contribution >= 4 is 41.2 Å². The smallest absolute Gasteiger partial charge is 0.356 e. The van der Waals surface area contributed by atoms with E-state index in [2.05, 4.69) is 54.1 Å². The molecule has 0 amide bonds. The highest BCUT2D eigenvalue weighted by Crippen LogP contribution is 2.45. The Morgan fingerprint density at radius 3 is 2.43 bits per heavy atom. The predicted molar refractivity (Wildman–Crippen MR) is 157 cm³/mol. The van der Waals surface area contributed by atoms with Crippen molar-refractivity contribution in [2.24, 2.45) is 0 Å². The summed E-state index contributed by atoms with van der Waals surface area (Å²) in [5.74, 6) is -0.449. The van der Waals surface area contributed by atoms with Crippen LogP contribution < -0.4 is 0 Å². The van der Waals surface area contributed by atoms with Crippen LogP contribution in [0.25, 0.3) is 11.3 Å². The molecule has 2 heterocycles. The van der Waals surface area contributed by atoms with Gasteiger partial charge in [0.1, 0.15) is 16.7 Å². The molecule has 0 spiro atoms. The molecule has 204 valence electrons. The van der Waals surface area contributed by atoms with Crippen molar-refractivity contribution in [3.8, 4) is 11.3 Å². The summed E-state index contributed by atoms with van der Waals surface area (Å²) in [5.41, 5.74) is 3.88. The van der Waals surface area contributed by atoms with E-state index in [9.17, 15) is 9.00 Å². The minimum atomic E-state index is -1.95. The first-order chi connectivity index (χ1) is 17.1. The van der Waals surface area contributed by atoms with Crippen molar-refractivity contribution < 1.29 is 18.2 Å². The van der Waals surface area contributed by atoms with Gasteiger partial charge < -0.3 is 9.16 Å². The van der Waals surface area contributed by atoms with E-state index in [1.165, 1.54) is 0 Å². The predicted octanol–water partition coefficient (Wildman–Crippen LogP) is 7.42. The Hall–Kier alpha value is -1.39. The highest BCUT2D eigenvalue weighted by molar-refractivity contribution is 9.10. The Morgan fingerprint density at radius 1 is 1.19 bits per heavy atom. The van der Waals surface area contributed by atoms with Crippen molar-refractivity contribution in [2.75, 3.05) is 13.2 Å². The molecule has 0 aliphatic carbocycles. The quantitative estimate of drug-likeness (QED) is 0.230. The zero-order valence-corrected chi connectivity index (χ0v) is 27.0. The van der Waals surface area contributed by atoms with E-state index in [-0.39, 0.29) is 23.4 Å². The average molecular weight is 610 g/mol. The van der Waals surface area contributed by atoms with Crippen LogP contribution in [0, 0.1) is 0 Å². The highest BCUT2D eigenvalue weighted by Gasteiger charge is 2.42. The molecular formula is C28H41BrN2O4SSi. The zero-order valence-electron chi connectivity index (χ0n) is 23.6. The van der Waals surface area contributed by atoms with Crippen molar-refractivity contribution in [2.45, 2.75) is 90.4 Å². The number of carbonyl (C=O) groups excluding carboxylic acids is 1. The molecule has 1 aromatic carbocycles. The molecule has 6 nitrogen and oxygen atoms in total. The summed E-state index contributed by atoms with van der Waals surface area (Å²) in [6.07, 6.45) is 0.683. The number of pyridine rings is 1. The van der Waals surface area contributed by atoms with Crippen LogP contribution >= 0.6 is 15.9 Å². The summed E-state index contributed by atoms with van der Waals surface area (Å²) in [5, 5.41) is 0.103. The molecule has 1 aliphatic heterocycles. The summed E-state index contributed by atoms with van der Waals surface area (Å²) >= 11 is 3.58. The number of halogens is 1. The molecule has 0 N–H and O–H groups in total. The third-order valence-electron chi connectivity index (χ3n) is 7.13. The SMILES string of the molecule is CCOC(=O)c1cc2c(c(-c3cccc(Br)c3)n1)[C@@H](CCO[Si](C)(C)C(C)(C)C)N([S@](=O)C(C)(C)C)C2. The Kier molecular flexibility index (Phi) is 9.27. The fourth-order valence-corrected chi connectivity index (χ4v) is 7.02. The molecule has 0 radical (unpaired) electrons. The van der Waals surface area contributed by atoms with E-state index in [4.69, 9.17) is 14.1 Å². The van der Waals surface area contributed by atoms with E-state index in [1.807, 2.05) is 51.1 Å². The maximum atomic E-state index is 13.8. The topological polar surface area (TPSA) is 68.7 Å². The number of nitrogens with zero attached hydrogens (tertiary/aromatic N) is 2. The van der Waals surface area contributed by atoms with Crippen molar-refractivity contribution in [1.29, 1.82) is 0 Å². The molecule has 0 bridgehead atoms. The molecule has 0 saturated heterocycles. The summed E-state index contributed by atoms with van der Waals surface area (Å²) in [6, 6.07) is 9.58. The average Bonchev–Trinajstić information content (AvgIpc) is 3.15. The maximum absolute atomic E-state index is 13.8. The lowest BCUT2D eigenvalue weighted by Crippen LogP contribution is -2.42. The van der Waals surface area contributed by atoms with E-state index in [0.717, 1.165) is 26.9 Å². The van der Waals surface area contributed by atoms with Crippen LogP contribution in [0.1, 0.15) is 82.5 Å². The number of hydrogen-bond acceptors (Lipinski definition) is 5. The molecule has 0 saturated carbocycles. The number of ether oxygens (including phenoxy) is 1. The number of rotatable bonds is 8. The van der Waals surface area contributed by atoms with Gasteiger partial charge in [0, 0.05) is 28.8 Å². The second-order valence-corrected chi connectivity index (χ2v) is 19.9. The van der Waals surface area contributed by atoms with Gasteiger partial charge in [-0.3, -0.25) is 0 Å². The highest BCUT2D eigenvalue weighted by atomic mass is 79.9. The maximum Gasteiger partial charge on any atom is 0.356 e. The molecule has 1 aromatic heterocycles. The van der Waals surface area contributed by atoms with Crippen molar-refractivity contribution in [3.63, 3.8) is 0 Å². The van der Waals surface area contributed by atoms with Gasteiger partial charge in [0.05, 0.1) is 23.1 Å². The lowest BCUT2D eigenvalue weighted by molar-refractivity contribution is 0.0519. The first-order valence-corrected chi connectivity index (χ1v) is 17.7. The van der Waals surface area contributed by atoms with Gasteiger partial charge in [-0.2, -0.15) is 0 Å². The molecule has 2 atom stereocenters. The van der Waals surface area contributed by atoms with Gasteiger partial charge in [-0.25, -0.2) is 18.3 Å². The van der Waals surface area contributed by atoms with Gasteiger partial charge in [0.15, 0.2) is 8.32 Å². The number of esters is 1. The van der Waals surface area contributed by atoms with Crippen molar-refractivity contribution in [1.82, 2.24) is 9.29 Å². The number of aromatic nitrogens is 1. The summed E-state index contributed by atoms with van der Waals surface area (Å²) in [7, 11) is -3.21. The molecule has 37 heavy (non-hydrogen) atoms. The monoisotopic (exact) mass is 608 g/mol. The first kappa shape index (κ1) is 30.2. The van der Waals surface area contributed by atoms with Gasteiger partial charge in [-0.05, 0) is 76.0 Å². The van der Waals surface area contributed by atoms with Gasteiger partial charge in [-0.15, -0.1) is 0 Å². The summed E-state index contributed by atoms with van der Waals surface area (Å²) < 4.78 is 28.2. The van der Waals surface area contributed by atoms with Crippen molar-refractivity contribution in [3.05, 3.63) is 51.6 Å². The van der Waals surface area contributed by atoms with E-state index in [1.54, 1.807) is 6.92 Å². The van der Waals surface area contributed by atoms with Crippen LogP contribution in [-0.4, -0.2) is 45.7 Å². The molecular weight excluding hydrogens is 568 g/mol. The van der Waals surface area contributed by atoms with Crippen LogP contribution in [0.3, 0.4) is 0 Å². The van der Waals surface area contributed by atoms with E-state index in [0.29, 0.717) is 19.6 Å². The lowest BCUT2D eigenvalue weighted by Gasteiger charge is -2.37. The van der Waals surface area contributed by atoms with E-state index >= 15 is 0 Å². The standard InChI is InChI=1S/C28H41BrN2O4SSi/c1-10-34-26(32)22-17-20-18-31(36(33)27(2,3)4)23(14-15-35-37(8,9)28(5,6)7)24(20)25(30-22)19-12-11-13-21(29)16-19/h11-13,16-17,23H,10,14-15,18H2,1-9H3/t23-,36-/m1/s1. The molecule has 3 rings (SSSR count). The Bertz CT molecular complexity index is 1170. The Balaban J connectivity index is 2.13. The summed E-state index contributed by atoms with van der Waals surface area (Å²) in [6.45, 7) is 20.3. The molecule has 9 heteroatoms. The largest absolute Gasteiger partial charge is 0.461 e. The minimum Gasteiger partial charge on any atom is -0.461 e. The van der Waals surface area contributed by atoms with Crippen LogP contribution in [0.4, 0.5) is 0 Å². The second kappa shape index (κ2) is 11.4. The Labute approximate surface area is 234 Å². The molecule has 0 unspecified atom stereocenters. The van der Waals surface area contributed by atoms with Gasteiger partial charge in [-0.1, -0.05) is 48.8 Å². The van der Waals surface area contributed by atoms with Gasteiger partial charge >= 0.3 is 5.97 Å². The van der Waals surface area contributed by atoms with E-state index < -0.39 is 30.0 Å². The minimum absolute atomic E-state index is 0.103. The fourth-order valence-electron chi connectivity index (χ4n) is 4.15. The Morgan fingerprint density at radius 2 is 1.86 bits per heavy atom. The third-order valence-corrected chi connectivity index (χ3v) is 14.0. The molecule has 1 aliphatic rings. The van der Waals surface area contributed by atoms with Gasteiger partial charge in [0.2, 0.25) is 0 Å².